The van der Waals surface area contributed by atoms with E-state index in [1.807, 2.05) is 6.92 Å². The van der Waals surface area contributed by atoms with Crippen molar-refractivity contribution in [3.63, 3.8) is 0 Å². The number of carbonyl (C=O) groups excluding carboxylic acids is 1. The second-order valence-corrected chi connectivity index (χ2v) is 5.00. The fourth-order valence-electron chi connectivity index (χ4n) is 2.16. The number of aromatic hydroxyl groups is 1. The van der Waals surface area contributed by atoms with Crippen LogP contribution in [0.15, 0.2) is 42.5 Å². The highest BCUT2D eigenvalue weighted by Gasteiger charge is 2.19. The highest BCUT2D eigenvalue weighted by molar-refractivity contribution is 6.06. The number of ketones is 1. The average molecular weight is 343 g/mol. The van der Waals surface area contributed by atoms with Gasteiger partial charge in [0.1, 0.15) is 5.75 Å². The zero-order valence-electron chi connectivity index (χ0n) is 13.8. The molecule has 2 aromatic rings. The van der Waals surface area contributed by atoms with Gasteiger partial charge in [0.2, 0.25) is 5.75 Å². The third kappa shape index (κ3) is 4.35. The Bertz CT molecular complexity index is 811. The molecule has 7 heteroatoms. The Kier molecular flexibility index (Phi) is 5.73. The molecule has 7 nitrogen and oxygen atoms in total. The molecule has 0 bridgehead atoms. The summed E-state index contributed by atoms with van der Waals surface area (Å²) in [4.78, 5) is 22.4. The number of phenolic OH excluding ortho intramolecular Hbond substituents is 1. The summed E-state index contributed by atoms with van der Waals surface area (Å²) in [7, 11) is 1.29. The van der Waals surface area contributed by atoms with Crippen LogP contribution < -0.4 is 9.47 Å². The van der Waals surface area contributed by atoms with Crippen LogP contribution in [-0.4, -0.2) is 29.5 Å². The first-order valence-electron chi connectivity index (χ1n) is 7.47. The van der Waals surface area contributed by atoms with Gasteiger partial charge in [0.15, 0.2) is 11.5 Å². The third-order valence-electron chi connectivity index (χ3n) is 3.37. The van der Waals surface area contributed by atoms with Crippen LogP contribution in [0.1, 0.15) is 22.8 Å². The van der Waals surface area contributed by atoms with Crippen LogP contribution in [0.4, 0.5) is 5.69 Å². The van der Waals surface area contributed by atoms with Crippen molar-refractivity contribution < 1.29 is 24.3 Å². The molecule has 0 spiro atoms. The summed E-state index contributed by atoms with van der Waals surface area (Å²) in [6.07, 6.45) is 2.72. The smallest absolute Gasteiger partial charge is 0.315 e. The summed E-state index contributed by atoms with van der Waals surface area (Å²) in [6.45, 7) is 2.40. The number of nitro benzene ring substituents is 1. The lowest BCUT2D eigenvalue weighted by molar-refractivity contribution is -0.386. The summed E-state index contributed by atoms with van der Waals surface area (Å²) < 4.78 is 10.2. The number of hydrogen-bond acceptors (Lipinski definition) is 6. The largest absolute Gasteiger partial charge is 0.500 e. The molecule has 0 radical (unpaired) electrons. The van der Waals surface area contributed by atoms with E-state index >= 15 is 0 Å². The summed E-state index contributed by atoms with van der Waals surface area (Å²) in [5.74, 6) is -0.190. The molecule has 0 aromatic heterocycles. The maximum atomic E-state index is 12.2. The molecule has 0 aliphatic heterocycles. The van der Waals surface area contributed by atoms with Crippen molar-refractivity contribution in [1.29, 1.82) is 0 Å². The molecule has 25 heavy (non-hydrogen) atoms. The van der Waals surface area contributed by atoms with Gasteiger partial charge in [0, 0.05) is 11.6 Å². The van der Waals surface area contributed by atoms with Crippen LogP contribution in [0.2, 0.25) is 0 Å². The van der Waals surface area contributed by atoms with Gasteiger partial charge in [0.25, 0.3) is 0 Å². The van der Waals surface area contributed by atoms with Crippen LogP contribution in [-0.2, 0) is 0 Å². The summed E-state index contributed by atoms with van der Waals surface area (Å²) >= 11 is 0. The molecule has 0 fully saturated rings. The Morgan fingerprint density at radius 1 is 1.28 bits per heavy atom. The third-order valence-corrected chi connectivity index (χ3v) is 3.37. The molecule has 0 heterocycles. The highest BCUT2D eigenvalue weighted by Crippen LogP contribution is 2.37. The number of hydrogen-bond donors (Lipinski definition) is 1. The lowest BCUT2D eigenvalue weighted by Crippen LogP contribution is -1.96. The predicted octanol–water partition coefficient (Wildman–Crippen LogP) is 3.60. The lowest BCUT2D eigenvalue weighted by atomic mass is 10.1. The Morgan fingerprint density at radius 3 is 2.52 bits per heavy atom. The van der Waals surface area contributed by atoms with Crippen LogP contribution in [0.25, 0.3) is 6.08 Å². The molecular formula is C18H17NO6. The minimum absolute atomic E-state index is 0.0395. The Morgan fingerprint density at radius 2 is 1.96 bits per heavy atom. The van der Waals surface area contributed by atoms with Crippen LogP contribution >= 0.6 is 0 Å². The summed E-state index contributed by atoms with van der Waals surface area (Å²) in [5.41, 5.74) is 0.327. The van der Waals surface area contributed by atoms with E-state index < -0.39 is 16.4 Å². The van der Waals surface area contributed by atoms with Crippen molar-refractivity contribution in [2.45, 2.75) is 6.92 Å². The van der Waals surface area contributed by atoms with Gasteiger partial charge in [-0.25, -0.2) is 0 Å². The summed E-state index contributed by atoms with van der Waals surface area (Å²) in [6, 6.07) is 9.23. The van der Waals surface area contributed by atoms with E-state index in [-0.39, 0.29) is 11.5 Å². The molecule has 2 rings (SSSR count). The van der Waals surface area contributed by atoms with Crippen molar-refractivity contribution in [3.8, 4) is 17.2 Å². The topological polar surface area (TPSA) is 98.9 Å². The van der Waals surface area contributed by atoms with Crippen molar-refractivity contribution in [2.75, 3.05) is 13.7 Å². The highest BCUT2D eigenvalue weighted by atomic mass is 16.6. The number of benzene rings is 2. The zero-order valence-corrected chi connectivity index (χ0v) is 13.8. The van der Waals surface area contributed by atoms with Gasteiger partial charge >= 0.3 is 5.69 Å². The van der Waals surface area contributed by atoms with Crippen LogP contribution in [0, 0.1) is 10.1 Å². The first kappa shape index (κ1) is 18.0. The number of ether oxygens (including phenoxy) is 2. The normalized spacial score (nSPS) is 10.6. The molecule has 0 aliphatic carbocycles. The van der Waals surface area contributed by atoms with E-state index in [0.29, 0.717) is 23.5 Å². The summed E-state index contributed by atoms with van der Waals surface area (Å²) in [5, 5.41) is 20.7. The predicted molar refractivity (Wildman–Crippen MR) is 92.3 cm³/mol. The quantitative estimate of drug-likeness (QED) is 0.357. The molecule has 0 amide bonds. The Hall–Kier alpha value is -3.35. The molecule has 0 aliphatic rings. The van der Waals surface area contributed by atoms with Gasteiger partial charge in [-0.2, -0.15) is 0 Å². The Labute approximate surface area is 144 Å². The van der Waals surface area contributed by atoms with Gasteiger partial charge in [-0.05, 0) is 48.9 Å². The SMILES string of the molecule is CCOc1ccc(C(=O)/C=C/c2cc(OC)c(O)c([N+](=O)[O-])c2)cc1. The number of methoxy groups -OCH3 is 1. The fourth-order valence-corrected chi connectivity index (χ4v) is 2.16. The number of carbonyl (C=O) groups is 1. The van der Waals surface area contributed by atoms with Gasteiger partial charge in [-0.1, -0.05) is 6.08 Å². The van der Waals surface area contributed by atoms with E-state index in [9.17, 15) is 20.0 Å². The van der Waals surface area contributed by atoms with E-state index in [0.717, 1.165) is 0 Å². The first-order valence-corrected chi connectivity index (χ1v) is 7.47. The van der Waals surface area contributed by atoms with Crippen LogP contribution in [0.5, 0.6) is 17.2 Å². The number of nitrogens with zero attached hydrogens (tertiary/aromatic N) is 1. The maximum absolute atomic E-state index is 12.2. The minimum atomic E-state index is -0.719. The van der Waals surface area contributed by atoms with E-state index in [1.54, 1.807) is 24.3 Å². The monoisotopic (exact) mass is 343 g/mol. The van der Waals surface area contributed by atoms with E-state index in [2.05, 4.69) is 0 Å². The van der Waals surface area contributed by atoms with Crippen molar-refractivity contribution in [3.05, 3.63) is 63.7 Å². The second kappa shape index (κ2) is 7.96. The van der Waals surface area contributed by atoms with Crippen molar-refractivity contribution >= 4 is 17.5 Å². The first-order chi connectivity index (χ1) is 12.0. The average Bonchev–Trinajstić information content (AvgIpc) is 2.61. The number of nitro groups is 1. The molecule has 0 atom stereocenters. The Balaban J connectivity index is 2.24. The lowest BCUT2D eigenvalue weighted by Gasteiger charge is -2.05. The van der Waals surface area contributed by atoms with E-state index in [1.165, 1.54) is 31.4 Å². The number of phenols is 1. The molecule has 130 valence electrons. The van der Waals surface area contributed by atoms with Gasteiger partial charge < -0.3 is 14.6 Å². The molecule has 1 N–H and O–H groups in total. The van der Waals surface area contributed by atoms with E-state index in [4.69, 9.17) is 9.47 Å². The maximum Gasteiger partial charge on any atom is 0.315 e. The van der Waals surface area contributed by atoms with Gasteiger partial charge in [-0.3, -0.25) is 14.9 Å². The fraction of sp³-hybridized carbons (Fsp3) is 0.167. The second-order valence-electron chi connectivity index (χ2n) is 5.00. The zero-order chi connectivity index (χ0) is 18.4. The van der Waals surface area contributed by atoms with Gasteiger partial charge in [-0.15, -0.1) is 0 Å². The van der Waals surface area contributed by atoms with Crippen molar-refractivity contribution in [1.82, 2.24) is 0 Å². The molecule has 2 aromatic carbocycles. The van der Waals surface area contributed by atoms with Crippen LogP contribution in [0.3, 0.4) is 0 Å². The van der Waals surface area contributed by atoms with Gasteiger partial charge in [0.05, 0.1) is 18.6 Å². The minimum Gasteiger partial charge on any atom is -0.500 e. The standard InChI is InChI=1S/C18H17NO6/c1-3-25-14-7-5-13(6-8-14)16(20)9-4-12-10-15(19(22)23)18(21)17(11-12)24-2/h4-11,21H,3H2,1-2H3/b9-4+. The molecule has 0 unspecified atom stereocenters. The number of allylic oxidation sites excluding steroid dienone is 1. The molecule has 0 saturated heterocycles. The van der Waals surface area contributed by atoms with Crippen molar-refractivity contribution in [2.24, 2.45) is 0 Å². The molecular weight excluding hydrogens is 326 g/mol. The molecule has 0 saturated carbocycles. The number of rotatable bonds is 7.